The number of rotatable bonds is 8. The van der Waals surface area contributed by atoms with E-state index in [2.05, 4.69) is 9.47 Å². The van der Waals surface area contributed by atoms with Gasteiger partial charge in [-0.05, 0) is 24.3 Å². The lowest BCUT2D eigenvalue weighted by molar-refractivity contribution is -0.183. The second kappa shape index (κ2) is 12.2. The molecule has 0 saturated carbocycles. The standard InChI is InChI=1S/C26H10F12O10/c27-23(28,29)13-14(24(30,31)32)16(26(36,37)38)18(48-10-6-2-4-8(20(41)42)12(10)22(45)46)17(15(13)25(33,34)35)47-9-5-1-3-7(19(39)40)11(9)21(43)44/h1-6H,(H,39,40)(H,41,42)(H,43,44)(H,45,46). The Labute approximate surface area is 255 Å². The van der Waals surface area contributed by atoms with Gasteiger partial charge in [0.1, 0.15) is 33.8 Å². The van der Waals surface area contributed by atoms with Crippen molar-refractivity contribution in [3.05, 3.63) is 80.9 Å². The van der Waals surface area contributed by atoms with Gasteiger partial charge < -0.3 is 29.9 Å². The van der Waals surface area contributed by atoms with Gasteiger partial charge >= 0.3 is 48.6 Å². The van der Waals surface area contributed by atoms with E-state index in [1.165, 1.54) is 0 Å². The van der Waals surface area contributed by atoms with E-state index in [4.69, 9.17) is 0 Å². The van der Waals surface area contributed by atoms with Crippen molar-refractivity contribution in [3.8, 4) is 23.0 Å². The molecule has 0 fully saturated rings. The van der Waals surface area contributed by atoms with Gasteiger partial charge in [0.2, 0.25) is 0 Å². The average molecular weight is 710 g/mol. The van der Waals surface area contributed by atoms with E-state index in [-0.39, 0.29) is 12.1 Å². The van der Waals surface area contributed by atoms with E-state index >= 15 is 0 Å². The van der Waals surface area contributed by atoms with Crippen molar-refractivity contribution < 1.29 is 102 Å². The largest absolute Gasteiger partial charge is 0.478 e. The third kappa shape index (κ3) is 7.00. The molecule has 0 saturated heterocycles. The lowest BCUT2D eigenvalue weighted by Gasteiger charge is -2.29. The van der Waals surface area contributed by atoms with Crippen LogP contribution in [0.25, 0.3) is 0 Å². The van der Waals surface area contributed by atoms with Crippen LogP contribution in [0.4, 0.5) is 52.7 Å². The summed E-state index contributed by atoms with van der Waals surface area (Å²) in [5, 5.41) is 37.5. The zero-order chi connectivity index (χ0) is 36.9. The van der Waals surface area contributed by atoms with Gasteiger partial charge in [-0.2, -0.15) is 52.7 Å². The molecule has 3 aromatic carbocycles. The summed E-state index contributed by atoms with van der Waals surface area (Å²) < 4.78 is 180. The molecule has 3 aromatic rings. The summed E-state index contributed by atoms with van der Waals surface area (Å²) in [5.41, 5.74) is -21.8. The van der Waals surface area contributed by atoms with Gasteiger partial charge in [-0.1, -0.05) is 12.1 Å². The maximum atomic E-state index is 14.4. The quantitative estimate of drug-likeness (QED) is 0.168. The van der Waals surface area contributed by atoms with E-state index in [1.807, 2.05) is 0 Å². The monoisotopic (exact) mass is 710 g/mol. The molecular weight excluding hydrogens is 700 g/mol. The molecule has 0 radical (unpaired) electrons. The van der Waals surface area contributed by atoms with E-state index in [0.717, 1.165) is 0 Å². The molecule has 0 aliphatic rings. The SMILES string of the molecule is O=C(O)c1cccc(Oc2c(Oc3cccc(C(=O)O)c3C(=O)O)c(C(F)(F)F)c(C(F)(F)F)c(C(F)(F)F)c2C(F)(F)F)c1C(=O)O. The van der Waals surface area contributed by atoms with Crippen LogP contribution in [0.1, 0.15) is 63.7 Å². The molecule has 0 heterocycles. The minimum absolute atomic E-state index is 0.200. The normalized spacial score (nSPS) is 12.4. The van der Waals surface area contributed by atoms with Crippen molar-refractivity contribution in [2.75, 3.05) is 0 Å². The average Bonchev–Trinajstić information content (AvgIpc) is 2.90. The second-order valence-electron chi connectivity index (χ2n) is 8.93. The molecule has 10 nitrogen and oxygen atoms in total. The number of ether oxygens (including phenoxy) is 2. The predicted molar refractivity (Wildman–Crippen MR) is 127 cm³/mol. The molecule has 0 spiro atoms. The number of hydrogen-bond donors (Lipinski definition) is 4. The van der Waals surface area contributed by atoms with Crippen LogP contribution in [0.3, 0.4) is 0 Å². The van der Waals surface area contributed by atoms with Crippen molar-refractivity contribution in [3.63, 3.8) is 0 Å². The van der Waals surface area contributed by atoms with Crippen LogP contribution < -0.4 is 9.47 Å². The van der Waals surface area contributed by atoms with Crippen molar-refractivity contribution in [2.45, 2.75) is 24.7 Å². The first kappa shape index (κ1) is 36.8. The molecule has 0 bridgehead atoms. The first-order valence-corrected chi connectivity index (χ1v) is 11.8. The van der Waals surface area contributed by atoms with Crippen molar-refractivity contribution in [1.82, 2.24) is 0 Å². The number of carboxylic acid groups (broad SMARTS) is 4. The smallest absolute Gasteiger partial charge is 0.420 e. The zero-order valence-corrected chi connectivity index (χ0v) is 22.2. The summed E-state index contributed by atoms with van der Waals surface area (Å²) in [7, 11) is 0. The molecular formula is C26H10F12O10. The Balaban J connectivity index is 2.80. The van der Waals surface area contributed by atoms with Gasteiger partial charge in [0.05, 0.1) is 22.3 Å². The van der Waals surface area contributed by atoms with Crippen LogP contribution in [-0.4, -0.2) is 44.3 Å². The first-order chi connectivity index (χ1) is 21.7. The van der Waals surface area contributed by atoms with Gasteiger partial charge in [-0.3, -0.25) is 0 Å². The van der Waals surface area contributed by atoms with Crippen LogP contribution in [0.5, 0.6) is 23.0 Å². The fourth-order valence-electron chi connectivity index (χ4n) is 4.26. The Bertz CT molecular complexity index is 1710. The third-order valence-corrected chi connectivity index (χ3v) is 5.91. The van der Waals surface area contributed by atoms with E-state index in [9.17, 15) is 92.3 Å². The summed E-state index contributed by atoms with van der Waals surface area (Å²) >= 11 is 0. The second-order valence-corrected chi connectivity index (χ2v) is 8.93. The molecule has 0 amide bonds. The number of halogens is 12. The molecule has 48 heavy (non-hydrogen) atoms. The number of hydrogen-bond acceptors (Lipinski definition) is 6. The van der Waals surface area contributed by atoms with Gasteiger partial charge in [-0.15, -0.1) is 0 Å². The molecule has 3 rings (SSSR count). The lowest BCUT2D eigenvalue weighted by Crippen LogP contribution is -2.29. The fourth-order valence-corrected chi connectivity index (χ4v) is 4.26. The van der Waals surface area contributed by atoms with E-state index in [1.54, 1.807) is 0 Å². The van der Waals surface area contributed by atoms with Crippen LogP contribution >= 0.6 is 0 Å². The van der Waals surface area contributed by atoms with Gasteiger partial charge in [0.25, 0.3) is 0 Å². The van der Waals surface area contributed by atoms with Gasteiger partial charge in [0, 0.05) is 0 Å². The van der Waals surface area contributed by atoms with E-state index < -0.39 is 116 Å². The van der Waals surface area contributed by atoms with Crippen molar-refractivity contribution in [1.29, 1.82) is 0 Å². The lowest BCUT2D eigenvalue weighted by atomic mass is 9.91. The molecule has 258 valence electrons. The first-order valence-electron chi connectivity index (χ1n) is 11.8. The molecule has 22 heteroatoms. The Morgan fingerprint density at radius 2 is 0.708 bits per heavy atom. The predicted octanol–water partition coefficient (Wildman–Crippen LogP) is 8.14. The topological polar surface area (TPSA) is 168 Å². The zero-order valence-electron chi connectivity index (χ0n) is 22.2. The fraction of sp³-hybridized carbons (Fsp3) is 0.154. The third-order valence-electron chi connectivity index (χ3n) is 5.91. The number of aromatic carboxylic acids is 4. The molecule has 0 atom stereocenters. The Kier molecular flexibility index (Phi) is 9.31. The highest BCUT2D eigenvalue weighted by Crippen LogP contribution is 2.60. The molecule has 0 aliphatic heterocycles. The summed E-state index contributed by atoms with van der Waals surface area (Å²) in [6, 6.07) is 2.21. The highest BCUT2D eigenvalue weighted by molar-refractivity contribution is 6.04. The Morgan fingerprint density at radius 1 is 0.438 bits per heavy atom. The molecule has 4 N–H and O–H groups in total. The van der Waals surface area contributed by atoms with Crippen molar-refractivity contribution in [2.24, 2.45) is 0 Å². The number of benzene rings is 3. The maximum absolute atomic E-state index is 14.4. The maximum Gasteiger partial charge on any atom is 0.420 e. The van der Waals surface area contributed by atoms with Crippen LogP contribution in [-0.2, 0) is 24.7 Å². The summed E-state index contributed by atoms with van der Waals surface area (Å²) in [6.45, 7) is 0. The summed E-state index contributed by atoms with van der Waals surface area (Å²) in [4.78, 5) is 46.7. The highest BCUT2D eigenvalue weighted by atomic mass is 19.4. The van der Waals surface area contributed by atoms with Crippen molar-refractivity contribution >= 4 is 23.9 Å². The van der Waals surface area contributed by atoms with Crippen LogP contribution in [0.15, 0.2) is 36.4 Å². The highest BCUT2D eigenvalue weighted by Gasteiger charge is 2.59. The van der Waals surface area contributed by atoms with Gasteiger partial charge in [0.15, 0.2) is 11.5 Å². The number of carboxylic acids is 4. The van der Waals surface area contributed by atoms with E-state index in [0.29, 0.717) is 24.3 Å². The van der Waals surface area contributed by atoms with Gasteiger partial charge in [-0.25, -0.2) is 19.2 Å². The molecule has 0 aromatic heterocycles. The number of carbonyl (C=O) groups is 4. The summed E-state index contributed by atoms with van der Waals surface area (Å²) in [6.07, 6.45) is -27.5. The van der Waals surface area contributed by atoms with Crippen LogP contribution in [0.2, 0.25) is 0 Å². The minimum atomic E-state index is -6.97. The van der Waals surface area contributed by atoms with Crippen LogP contribution in [0, 0.1) is 0 Å². The number of alkyl halides is 12. The summed E-state index contributed by atoms with van der Waals surface area (Å²) in [5.74, 6) is -18.8. The molecule has 0 aliphatic carbocycles. The minimum Gasteiger partial charge on any atom is -0.478 e. The molecule has 0 unspecified atom stereocenters. The Morgan fingerprint density at radius 3 is 0.917 bits per heavy atom. The Hall–Kier alpha value is -5.70.